The number of hydrogen-bond donors (Lipinski definition) is 2. The molecule has 0 spiro atoms. The van der Waals surface area contributed by atoms with Crippen LogP contribution in [0.1, 0.15) is 16.5 Å². The number of thiophene rings is 1. The van der Waals surface area contributed by atoms with Crippen LogP contribution in [0.4, 0.5) is 4.39 Å². The zero-order valence-corrected chi connectivity index (χ0v) is 13.3. The van der Waals surface area contributed by atoms with E-state index in [1.54, 1.807) is 29.5 Å². The molecule has 96 valence electrons. The van der Waals surface area contributed by atoms with Gasteiger partial charge in [-0.05, 0) is 50.1 Å². The van der Waals surface area contributed by atoms with E-state index in [2.05, 4.69) is 37.3 Å². The number of halogens is 3. The van der Waals surface area contributed by atoms with Crippen LogP contribution >= 0.6 is 43.2 Å². The third-order valence-corrected chi connectivity index (χ3v) is 4.85. The van der Waals surface area contributed by atoms with Crippen LogP contribution in [0.3, 0.4) is 0 Å². The molecule has 0 aliphatic rings. The summed E-state index contributed by atoms with van der Waals surface area (Å²) in [5.41, 5.74) is 3.24. The third-order valence-electron chi connectivity index (χ3n) is 2.59. The number of rotatable bonds is 4. The Hall–Kier alpha value is -0.270. The molecule has 1 heterocycles. The summed E-state index contributed by atoms with van der Waals surface area (Å²) < 4.78 is 15.5. The van der Waals surface area contributed by atoms with E-state index in [1.165, 1.54) is 0 Å². The summed E-state index contributed by atoms with van der Waals surface area (Å²) in [6.07, 6.45) is 0.653. The van der Waals surface area contributed by atoms with Gasteiger partial charge >= 0.3 is 0 Å². The number of benzene rings is 1. The van der Waals surface area contributed by atoms with Gasteiger partial charge in [-0.15, -0.1) is 11.3 Å². The summed E-state index contributed by atoms with van der Waals surface area (Å²) in [5.74, 6) is 5.27. The fraction of sp³-hybridized carbons (Fsp3) is 0.167. The molecule has 18 heavy (non-hydrogen) atoms. The van der Waals surface area contributed by atoms with Gasteiger partial charge in [-0.3, -0.25) is 11.3 Å². The molecular weight excluding hydrogens is 383 g/mol. The Kier molecular flexibility index (Phi) is 4.91. The lowest BCUT2D eigenvalue weighted by Gasteiger charge is -2.16. The Morgan fingerprint density at radius 3 is 2.67 bits per heavy atom. The summed E-state index contributed by atoms with van der Waals surface area (Å²) >= 11 is 8.22. The molecular formula is C12H11Br2FN2S. The van der Waals surface area contributed by atoms with Gasteiger partial charge in [0.05, 0.1) is 14.3 Å². The summed E-state index contributed by atoms with van der Waals surface area (Å²) in [4.78, 5) is 1.14. The average Bonchev–Trinajstić information content (AvgIpc) is 2.76. The van der Waals surface area contributed by atoms with Crippen LogP contribution in [0.2, 0.25) is 0 Å². The minimum Gasteiger partial charge on any atom is -0.271 e. The standard InChI is InChI=1S/C12H11Br2FN2S/c13-9-3-1-2-8(12(9)15)10(17-16)6-7-4-5-11(14)18-7/h1-5,10,17H,6,16H2. The normalized spacial score (nSPS) is 12.7. The highest BCUT2D eigenvalue weighted by Crippen LogP contribution is 2.29. The van der Waals surface area contributed by atoms with Crippen LogP contribution in [0, 0.1) is 5.82 Å². The highest BCUT2D eigenvalue weighted by Gasteiger charge is 2.17. The zero-order chi connectivity index (χ0) is 13.1. The van der Waals surface area contributed by atoms with Crippen molar-refractivity contribution in [3.63, 3.8) is 0 Å². The molecule has 2 nitrogen and oxygen atoms in total. The molecule has 0 aliphatic carbocycles. The van der Waals surface area contributed by atoms with Crippen LogP contribution in [-0.4, -0.2) is 0 Å². The molecule has 0 aliphatic heterocycles. The minimum absolute atomic E-state index is 0.243. The molecule has 1 atom stereocenters. The van der Waals surface area contributed by atoms with E-state index in [1.807, 2.05) is 12.1 Å². The van der Waals surface area contributed by atoms with E-state index >= 15 is 0 Å². The number of nitrogens with two attached hydrogens (primary N) is 1. The number of hydrazine groups is 1. The van der Waals surface area contributed by atoms with E-state index in [0.717, 1.165) is 8.66 Å². The maximum Gasteiger partial charge on any atom is 0.142 e. The molecule has 0 amide bonds. The molecule has 6 heteroatoms. The molecule has 0 bridgehead atoms. The van der Waals surface area contributed by atoms with Crippen LogP contribution in [-0.2, 0) is 6.42 Å². The summed E-state index contributed by atoms with van der Waals surface area (Å²) in [5, 5.41) is 0. The van der Waals surface area contributed by atoms with E-state index < -0.39 is 0 Å². The molecule has 2 aromatic rings. The second kappa shape index (κ2) is 6.25. The van der Waals surface area contributed by atoms with E-state index in [4.69, 9.17) is 5.84 Å². The van der Waals surface area contributed by atoms with Crippen molar-refractivity contribution in [3.05, 3.63) is 54.8 Å². The van der Waals surface area contributed by atoms with Crippen molar-refractivity contribution in [1.82, 2.24) is 5.43 Å². The SMILES string of the molecule is NNC(Cc1ccc(Br)s1)c1cccc(Br)c1F. The Labute approximate surface area is 126 Å². The quantitative estimate of drug-likeness (QED) is 0.604. The third kappa shape index (κ3) is 3.19. The Balaban J connectivity index is 2.25. The Morgan fingerprint density at radius 2 is 2.06 bits per heavy atom. The molecule has 2 rings (SSSR count). The van der Waals surface area contributed by atoms with Gasteiger partial charge in [-0.25, -0.2) is 4.39 Å². The van der Waals surface area contributed by atoms with Gasteiger partial charge in [-0.1, -0.05) is 12.1 Å². The summed E-state index contributed by atoms with van der Waals surface area (Å²) in [6.45, 7) is 0. The van der Waals surface area contributed by atoms with Crippen molar-refractivity contribution in [1.29, 1.82) is 0 Å². The van der Waals surface area contributed by atoms with Crippen molar-refractivity contribution in [2.45, 2.75) is 12.5 Å². The van der Waals surface area contributed by atoms with E-state index in [-0.39, 0.29) is 11.9 Å². The van der Waals surface area contributed by atoms with Crippen molar-refractivity contribution in [2.75, 3.05) is 0 Å². The summed E-state index contributed by atoms with van der Waals surface area (Å²) in [6, 6.07) is 8.96. The van der Waals surface area contributed by atoms with Gasteiger partial charge in [-0.2, -0.15) is 0 Å². The van der Waals surface area contributed by atoms with Crippen LogP contribution in [0.15, 0.2) is 38.6 Å². The van der Waals surface area contributed by atoms with Gasteiger partial charge in [0.1, 0.15) is 5.82 Å². The van der Waals surface area contributed by atoms with Gasteiger partial charge in [0.2, 0.25) is 0 Å². The molecule has 1 aromatic carbocycles. The molecule has 1 unspecified atom stereocenters. The lowest BCUT2D eigenvalue weighted by atomic mass is 10.0. The number of nitrogens with one attached hydrogen (secondary N) is 1. The predicted octanol–water partition coefficient (Wildman–Crippen LogP) is 4.16. The fourth-order valence-electron chi connectivity index (χ4n) is 1.71. The highest BCUT2D eigenvalue weighted by atomic mass is 79.9. The van der Waals surface area contributed by atoms with E-state index in [0.29, 0.717) is 16.5 Å². The first-order valence-corrected chi connectivity index (χ1v) is 7.66. The first-order chi connectivity index (χ1) is 8.61. The Bertz CT molecular complexity index is 545. The molecule has 3 N–H and O–H groups in total. The van der Waals surface area contributed by atoms with Crippen LogP contribution in [0.25, 0.3) is 0 Å². The van der Waals surface area contributed by atoms with Gasteiger partial charge < -0.3 is 0 Å². The van der Waals surface area contributed by atoms with E-state index in [9.17, 15) is 4.39 Å². The predicted molar refractivity (Wildman–Crippen MR) is 79.9 cm³/mol. The van der Waals surface area contributed by atoms with Crippen molar-refractivity contribution in [3.8, 4) is 0 Å². The van der Waals surface area contributed by atoms with Crippen molar-refractivity contribution >= 4 is 43.2 Å². The maximum absolute atomic E-state index is 14.0. The lowest BCUT2D eigenvalue weighted by Crippen LogP contribution is -2.30. The largest absolute Gasteiger partial charge is 0.271 e. The van der Waals surface area contributed by atoms with Crippen molar-refractivity contribution < 1.29 is 4.39 Å². The molecule has 0 saturated carbocycles. The molecule has 0 saturated heterocycles. The highest BCUT2D eigenvalue weighted by molar-refractivity contribution is 9.11. The van der Waals surface area contributed by atoms with Crippen LogP contribution < -0.4 is 11.3 Å². The van der Waals surface area contributed by atoms with Crippen LogP contribution in [0.5, 0.6) is 0 Å². The second-order valence-electron chi connectivity index (χ2n) is 3.77. The first kappa shape index (κ1) is 14.1. The minimum atomic E-state index is -0.268. The molecule has 0 radical (unpaired) electrons. The van der Waals surface area contributed by atoms with Gasteiger partial charge in [0.15, 0.2) is 0 Å². The lowest BCUT2D eigenvalue weighted by molar-refractivity contribution is 0.510. The van der Waals surface area contributed by atoms with Gasteiger partial charge in [0, 0.05) is 16.9 Å². The Morgan fingerprint density at radius 1 is 1.28 bits per heavy atom. The summed E-state index contributed by atoms with van der Waals surface area (Å²) in [7, 11) is 0. The molecule has 0 fully saturated rings. The van der Waals surface area contributed by atoms with Crippen molar-refractivity contribution in [2.24, 2.45) is 5.84 Å². The topological polar surface area (TPSA) is 38.0 Å². The van der Waals surface area contributed by atoms with Gasteiger partial charge in [0.25, 0.3) is 0 Å². The average molecular weight is 394 g/mol. The maximum atomic E-state index is 14.0. The fourth-order valence-corrected chi connectivity index (χ4v) is 3.62. The smallest absolute Gasteiger partial charge is 0.142 e. The monoisotopic (exact) mass is 392 g/mol. The zero-order valence-electron chi connectivity index (χ0n) is 9.29. The second-order valence-corrected chi connectivity index (χ2v) is 7.17. The molecule has 1 aromatic heterocycles. The first-order valence-electron chi connectivity index (χ1n) is 5.26. The number of hydrogen-bond acceptors (Lipinski definition) is 3.